The predicted molar refractivity (Wildman–Crippen MR) is 147 cm³/mol. The van der Waals surface area contributed by atoms with Crippen molar-refractivity contribution in [2.45, 2.75) is 54.9 Å². The molecule has 1 N–H and O–H groups in total. The highest BCUT2D eigenvalue weighted by atomic mass is 35.5. The first-order valence-corrected chi connectivity index (χ1v) is 14.9. The monoisotopic (exact) mass is 651 g/mol. The quantitative estimate of drug-likeness (QED) is 0.319. The van der Waals surface area contributed by atoms with Crippen LogP contribution in [0.25, 0.3) is 11.1 Å². The van der Waals surface area contributed by atoms with Gasteiger partial charge < -0.3 is 10.2 Å². The minimum absolute atomic E-state index is 0.0255. The molecule has 43 heavy (non-hydrogen) atoms. The molecule has 0 spiro atoms. The number of benzene rings is 2. The number of halogens is 7. The third-order valence-electron chi connectivity index (χ3n) is 7.24. The summed E-state index contributed by atoms with van der Waals surface area (Å²) in [5.41, 5.74) is -5.05. The molecular weight excluding hydrogens is 624 g/mol. The second-order valence-corrected chi connectivity index (χ2v) is 13.4. The van der Waals surface area contributed by atoms with Gasteiger partial charge in [-0.05, 0) is 38.1 Å². The van der Waals surface area contributed by atoms with Gasteiger partial charge in [-0.2, -0.15) is 17.5 Å². The highest BCUT2D eigenvalue weighted by Crippen LogP contribution is 2.40. The molecule has 7 nitrogen and oxygen atoms in total. The average molecular weight is 652 g/mol. The van der Waals surface area contributed by atoms with E-state index in [0.717, 1.165) is 21.3 Å². The molecule has 2 aliphatic rings. The molecule has 0 aliphatic carbocycles. The van der Waals surface area contributed by atoms with Crippen molar-refractivity contribution in [3.63, 3.8) is 0 Å². The number of carbonyl (C=O) groups is 2. The smallest absolute Gasteiger partial charge is 0.345 e. The first kappa shape index (κ1) is 32.8. The fraction of sp³-hybridized carbons (Fsp3) is 0.429. The number of piperidine rings is 1. The highest BCUT2D eigenvalue weighted by molar-refractivity contribution is 7.89. The SMILES string of the molecule is CC(C)(/C=C/C(=O)N1CC(F)(F)C1)NC(=O)C1(F)CCN(S(=O)(=O)c2ccc(C(F)(F)F)cc2-c2ccccc2Cl)CC1. The van der Waals surface area contributed by atoms with Crippen molar-refractivity contribution in [3.05, 3.63) is 65.2 Å². The Balaban J connectivity index is 1.49. The number of nitrogens with one attached hydrogen (secondary N) is 1. The molecular formula is C28H28ClF6N3O4S. The van der Waals surface area contributed by atoms with Crippen LogP contribution in [0.1, 0.15) is 32.3 Å². The largest absolute Gasteiger partial charge is 0.416 e. The zero-order valence-corrected chi connectivity index (χ0v) is 24.6. The van der Waals surface area contributed by atoms with Gasteiger partial charge in [-0.3, -0.25) is 9.59 Å². The van der Waals surface area contributed by atoms with Crippen molar-refractivity contribution in [1.82, 2.24) is 14.5 Å². The number of carbonyl (C=O) groups excluding carboxylic acids is 2. The van der Waals surface area contributed by atoms with Gasteiger partial charge in [-0.15, -0.1) is 0 Å². The Kier molecular flexibility index (Phi) is 8.72. The first-order chi connectivity index (χ1) is 19.7. The van der Waals surface area contributed by atoms with Crippen LogP contribution in [0.4, 0.5) is 26.3 Å². The molecule has 0 saturated carbocycles. The minimum atomic E-state index is -4.76. The van der Waals surface area contributed by atoms with Crippen LogP contribution in [0.3, 0.4) is 0 Å². The number of sulfonamides is 1. The lowest BCUT2D eigenvalue weighted by Crippen LogP contribution is -2.58. The van der Waals surface area contributed by atoms with Crippen molar-refractivity contribution in [1.29, 1.82) is 0 Å². The molecule has 4 rings (SSSR count). The summed E-state index contributed by atoms with van der Waals surface area (Å²) >= 11 is 6.20. The zero-order chi connectivity index (χ0) is 32.0. The topological polar surface area (TPSA) is 86.8 Å². The number of alkyl halides is 6. The number of rotatable bonds is 7. The van der Waals surface area contributed by atoms with Gasteiger partial charge in [0.25, 0.3) is 11.8 Å². The third kappa shape index (κ3) is 7.18. The lowest BCUT2D eigenvalue weighted by molar-refractivity contribution is -0.160. The molecule has 234 valence electrons. The maximum absolute atomic E-state index is 15.8. The van der Waals surface area contributed by atoms with E-state index in [-0.39, 0.29) is 16.1 Å². The van der Waals surface area contributed by atoms with Crippen LogP contribution in [-0.4, -0.2) is 72.7 Å². The lowest BCUT2D eigenvalue weighted by atomic mass is 9.92. The molecule has 2 fully saturated rings. The Labute approximate surface area is 249 Å². The predicted octanol–water partition coefficient (Wildman–Crippen LogP) is 5.45. The van der Waals surface area contributed by atoms with Crippen molar-refractivity contribution >= 4 is 33.4 Å². The summed E-state index contributed by atoms with van der Waals surface area (Å²) < 4.78 is 110. The molecule has 2 amide bonds. The minimum Gasteiger partial charge on any atom is -0.345 e. The molecule has 0 bridgehead atoms. The molecule has 0 radical (unpaired) electrons. The Morgan fingerprint density at radius 2 is 1.58 bits per heavy atom. The van der Waals surface area contributed by atoms with Crippen LogP contribution in [-0.2, 0) is 25.8 Å². The van der Waals surface area contributed by atoms with E-state index in [1.807, 2.05) is 0 Å². The van der Waals surface area contributed by atoms with Crippen LogP contribution in [0.5, 0.6) is 0 Å². The van der Waals surface area contributed by atoms with Gasteiger partial charge in [0, 0.05) is 48.2 Å². The van der Waals surface area contributed by atoms with E-state index in [0.29, 0.717) is 12.1 Å². The second kappa shape index (κ2) is 11.4. The van der Waals surface area contributed by atoms with E-state index >= 15 is 4.39 Å². The maximum atomic E-state index is 15.8. The van der Waals surface area contributed by atoms with Crippen LogP contribution in [0, 0.1) is 0 Å². The number of hydrogen-bond donors (Lipinski definition) is 1. The summed E-state index contributed by atoms with van der Waals surface area (Å²) in [6.45, 7) is 0.581. The van der Waals surface area contributed by atoms with E-state index in [9.17, 15) is 40.0 Å². The summed E-state index contributed by atoms with van der Waals surface area (Å²) in [4.78, 5) is 25.4. The molecule has 2 aromatic carbocycles. The van der Waals surface area contributed by atoms with Crippen LogP contribution in [0.2, 0.25) is 5.02 Å². The van der Waals surface area contributed by atoms with E-state index in [1.165, 1.54) is 44.2 Å². The van der Waals surface area contributed by atoms with Gasteiger partial charge in [0.2, 0.25) is 15.9 Å². The molecule has 0 aromatic heterocycles. The third-order valence-corrected chi connectivity index (χ3v) is 9.53. The van der Waals surface area contributed by atoms with Gasteiger partial charge in [0.1, 0.15) is 0 Å². The fourth-order valence-corrected chi connectivity index (χ4v) is 6.63. The summed E-state index contributed by atoms with van der Waals surface area (Å²) in [6, 6.07) is 7.97. The zero-order valence-electron chi connectivity index (χ0n) is 23.0. The molecule has 2 aliphatic heterocycles. The molecule has 2 saturated heterocycles. The molecule has 0 atom stereocenters. The van der Waals surface area contributed by atoms with Gasteiger partial charge in [-0.25, -0.2) is 21.6 Å². The molecule has 15 heteroatoms. The molecule has 2 heterocycles. The second-order valence-electron chi connectivity index (χ2n) is 11.1. The summed E-state index contributed by atoms with van der Waals surface area (Å²) in [6.07, 6.45) is -3.61. The van der Waals surface area contributed by atoms with E-state index in [4.69, 9.17) is 11.6 Å². The fourth-order valence-electron chi connectivity index (χ4n) is 4.77. The lowest BCUT2D eigenvalue weighted by Gasteiger charge is -2.38. The van der Waals surface area contributed by atoms with E-state index in [2.05, 4.69) is 5.32 Å². The Morgan fingerprint density at radius 1 is 0.977 bits per heavy atom. The summed E-state index contributed by atoms with van der Waals surface area (Å²) in [5.74, 6) is -4.70. The summed E-state index contributed by atoms with van der Waals surface area (Å²) in [7, 11) is -4.46. The normalized spacial score (nSPS) is 19.2. The van der Waals surface area contributed by atoms with Gasteiger partial charge in [-0.1, -0.05) is 35.9 Å². The Bertz CT molecular complexity index is 1550. The van der Waals surface area contributed by atoms with Gasteiger partial charge in [0.05, 0.1) is 29.1 Å². The number of nitrogens with zero attached hydrogens (tertiary/aromatic N) is 2. The van der Waals surface area contributed by atoms with Crippen LogP contribution >= 0.6 is 11.6 Å². The standard InChI is InChI=1S/C28H28ClF6N3O4S/c1-25(2,10-9-23(39)37-16-27(31,32)17-37)36-24(40)26(30)11-13-38(14-12-26)43(41,42)22-8-7-18(28(33,34)35)15-20(22)19-5-3-4-6-21(19)29/h3-10,15H,11-14,16-17H2,1-2H3,(H,36,40)/b10-9+. The van der Waals surface area contributed by atoms with Crippen LogP contribution < -0.4 is 5.32 Å². The van der Waals surface area contributed by atoms with Crippen LogP contribution in [0.15, 0.2) is 59.5 Å². The van der Waals surface area contributed by atoms with Crippen molar-refractivity contribution in [3.8, 4) is 11.1 Å². The Morgan fingerprint density at radius 3 is 2.14 bits per heavy atom. The maximum Gasteiger partial charge on any atom is 0.416 e. The van der Waals surface area contributed by atoms with Crippen molar-refractivity contribution < 1.29 is 44.3 Å². The molecule has 2 aromatic rings. The van der Waals surface area contributed by atoms with Gasteiger partial charge in [0.15, 0.2) is 5.67 Å². The summed E-state index contributed by atoms with van der Waals surface area (Å²) in [5, 5.41) is 2.47. The average Bonchev–Trinajstić information content (AvgIpc) is 2.90. The first-order valence-electron chi connectivity index (χ1n) is 13.1. The van der Waals surface area contributed by atoms with E-state index < -0.39 is 94.6 Å². The number of likely N-dealkylation sites (tertiary alicyclic amines) is 1. The van der Waals surface area contributed by atoms with E-state index in [1.54, 1.807) is 0 Å². The van der Waals surface area contributed by atoms with Gasteiger partial charge >= 0.3 is 6.18 Å². The Hall–Kier alpha value is -3.10. The highest BCUT2D eigenvalue weighted by Gasteiger charge is 2.47. The number of hydrogen-bond acceptors (Lipinski definition) is 4. The molecule has 0 unspecified atom stereocenters. The number of amides is 2. The van der Waals surface area contributed by atoms with Crippen molar-refractivity contribution in [2.75, 3.05) is 26.2 Å². The van der Waals surface area contributed by atoms with Crippen molar-refractivity contribution in [2.24, 2.45) is 0 Å².